The average Bonchev–Trinajstić information content (AvgIpc) is 3.31. The average molecular weight is 338 g/mol. The third-order valence-corrected chi connectivity index (χ3v) is 4.13. The van der Waals surface area contributed by atoms with E-state index in [0.29, 0.717) is 6.42 Å². The predicted octanol–water partition coefficient (Wildman–Crippen LogP) is 5.10. The number of hydrogen-bond donors (Lipinski definition) is 0. The second kappa shape index (κ2) is 8.38. The predicted molar refractivity (Wildman–Crippen MR) is 95.7 cm³/mol. The van der Waals surface area contributed by atoms with Gasteiger partial charge in [0, 0.05) is 17.6 Å². The third-order valence-electron chi connectivity index (χ3n) is 4.13. The summed E-state index contributed by atoms with van der Waals surface area (Å²) in [7, 11) is 0. The van der Waals surface area contributed by atoms with Crippen molar-refractivity contribution in [1.29, 1.82) is 0 Å². The number of rotatable bonds is 8. The molecule has 1 aliphatic heterocycles. The summed E-state index contributed by atoms with van der Waals surface area (Å²) in [6, 6.07) is 3.85. The molecule has 4 nitrogen and oxygen atoms in total. The number of carbonyl (C=O) groups is 1. The monoisotopic (exact) mass is 338 g/mol. The maximum atomic E-state index is 12.0. The van der Waals surface area contributed by atoms with Crippen molar-refractivity contribution in [3.63, 3.8) is 0 Å². The van der Waals surface area contributed by atoms with E-state index in [-0.39, 0.29) is 12.1 Å². The van der Waals surface area contributed by atoms with Crippen molar-refractivity contribution in [2.75, 3.05) is 0 Å². The molecule has 1 unspecified atom stereocenters. The molecule has 0 spiro atoms. The van der Waals surface area contributed by atoms with Crippen LogP contribution in [0.2, 0.25) is 0 Å². The van der Waals surface area contributed by atoms with Gasteiger partial charge in [-0.1, -0.05) is 23.8 Å². The SMILES string of the molecule is C/C(=C\CCc1ccoc1)CC1C=C(C/C=C/c2ccoc2)C(=O)O1. The maximum Gasteiger partial charge on any atom is 0.334 e. The second-order valence-electron chi connectivity index (χ2n) is 6.22. The summed E-state index contributed by atoms with van der Waals surface area (Å²) >= 11 is 0. The zero-order chi connectivity index (χ0) is 17.5. The first-order valence-corrected chi connectivity index (χ1v) is 8.48. The number of ether oxygens (including phenoxy) is 1. The molecule has 3 heterocycles. The maximum absolute atomic E-state index is 12.0. The van der Waals surface area contributed by atoms with Crippen LogP contribution >= 0.6 is 0 Å². The van der Waals surface area contributed by atoms with Gasteiger partial charge in [0.1, 0.15) is 6.10 Å². The molecule has 0 aliphatic carbocycles. The molecule has 0 amide bonds. The van der Waals surface area contributed by atoms with Crippen LogP contribution in [0.3, 0.4) is 0 Å². The molecular weight excluding hydrogens is 316 g/mol. The lowest BCUT2D eigenvalue weighted by atomic mass is 10.1. The Balaban J connectivity index is 1.47. The first-order chi connectivity index (χ1) is 12.2. The first kappa shape index (κ1) is 17.1. The van der Waals surface area contributed by atoms with E-state index in [1.807, 2.05) is 30.4 Å². The van der Waals surface area contributed by atoms with Gasteiger partial charge in [0.15, 0.2) is 0 Å². The molecule has 0 N–H and O–H groups in total. The minimum absolute atomic E-state index is 0.157. The van der Waals surface area contributed by atoms with Crippen LogP contribution in [0, 0.1) is 0 Å². The van der Waals surface area contributed by atoms with Crippen LogP contribution in [-0.2, 0) is 16.0 Å². The Morgan fingerprint density at radius 1 is 1.20 bits per heavy atom. The number of carbonyl (C=O) groups excluding carboxylic acids is 1. The number of furan rings is 2. The fourth-order valence-corrected chi connectivity index (χ4v) is 2.80. The van der Waals surface area contributed by atoms with Crippen LogP contribution in [0.5, 0.6) is 0 Å². The summed E-state index contributed by atoms with van der Waals surface area (Å²) in [5, 5.41) is 0. The highest BCUT2D eigenvalue weighted by atomic mass is 16.5. The summed E-state index contributed by atoms with van der Waals surface area (Å²) in [6.45, 7) is 2.08. The molecule has 25 heavy (non-hydrogen) atoms. The van der Waals surface area contributed by atoms with Gasteiger partial charge in [-0.2, -0.15) is 0 Å². The molecule has 0 fully saturated rings. The van der Waals surface area contributed by atoms with E-state index in [0.717, 1.165) is 30.4 Å². The molecular formula is C21H22O4. The largest absolute Gasteiger partial charge is 0.472 e. The molecule has 1 atom stereocenters. The molecule has 4 heteroatoms. The van der Waals surface area contributed by atoms with Gasteiger partial charge in [-0.05, 0) is 50.0 Å². The molecule has 0 bridgehead atoms. The van der Waals surface area contributed by atoms with E-state index >= 15 is 0 Å². The smallest absolute Gasteiger partial charge is 0.334 e. The molecule has 1 aliphatic rings. The quantitative estimate of drug-likeness (QED) is 0.496. The minimum Gasteiger partial charge on any atom is -0.472 e. The normalized spacial score (nSPS) is 18.0. The van der Waals surface area contributed by atoms with Crippen molar-refractivity contribution in [1.82, 2.24) is 0 Å². The standard InChI is InChI=1S/C21H22O4/c1-16(4-2-5-17-8-10-23-14-17)12-20-13-19(21(22)25-20)7-3-6-18-9-11-24-15-18/h3-4,6,8-11,13-15,20H,2,5,7,12H2,1H3/b6-3+,16-4+. The molecule has 2 aromatic rings. The molecule has 130 valence electrons. The van der Waals surface area contributed by atoms with Crippen molar-refractivity contribution in [3.8, 4) is 0 Å². The summed E-state index contributed by atoms with van der Waals surface area (Å²) < 4.78 is 15.5. The Morgan fingerprint density at radius 2 is 2.04 bits per heavy atom. The van der Waals surface area contributed by atoms with Crippen LogP contribution in [0.25, 0.3) is 6.08 Å². The highest BCUT2D eigenvalue weighted by molar-refractivity contribution is 5.91. The molecule has 0 saturated heterocycles. The molecule has 0 saturated carbocycles. The van der Waals surface area contributed by atoms with E-state index in [9.17, 15) is 4.79 Å². The van der Waals surface area contributed by atoms with Crippen molar-refractivity contribution in [2.24, 2.45) is 0 Å². The van der Waals surface area contributed by atoms with Gasteiger partial charge in [0.05, 0.1) is 25.1 Å². The summed E-state index contributed by atoms with van der Waals surface area (Å²) in [6.07, 6.45) is 17.9. The van der Waals surface area contributed by atoms with Gasteiger partial charge in [-0.15, -0.1) is 0 Å². The lowest BCUT2D eigenvalue weighted by molar-refractivity contribution is -0.139. The van der Waals surface area contributed by atoms with Gasteiger partial charge in [0.2, 0.25) is 0 Å². The molecule has 3 rings (SSSR count). The third kappa shape index (κ3) is 5.11. The van der Waals surface area contributed by atoms with Gasteiger partial charge in [0.25, 0.3) is 0 Å². The van der Waals surface area contributed by atoms with E-state index < -0.39 is 0 Å². The van der Waals surface area contributed by atoms with Gasteiger partial charge < -0.3 is 13.6 Å². The van der Waals surface area contributed by atoms with E-state index in [2.05, 4.69) is 13.0 Å². The Kier molecular flexibility index (Phi) is 5.73. The molecule has 2 aromatic heterocycles. The Bertz CT molecular complexity index is 761. The van der Waals surface area contributed by atoms with E-state index in [1.165, 1.54) is 11.1 Å². The summed E-state index contributed by atoms with van der Waals surface area (Å²) in [5.74, 6) is -0.215. The second-order valence-corrected chi connectivity index (χ2v) is 6.22. The van der Waals surface area contributed by atoms with Crippen LogP contribution in [-0.4, -0.2) is 12.1 Å². The topological polar surface area (TPSA) is 52.6 Å². The highest BCUT2D eigenvalue weighted by Gasteiger charge is 2.24. The Hall–Kier alpha value is -2.75. The Labute approximate surface area is 147 Å². The van der Waals surface area contributed by atoms with Crippen LogP contribution in [0.1, 0.15) is 37.3 Å². The molecule has 0 aromatic carbocycles. The summed E-state index contributed by atoms with van der Waals surface area (Å²) in [4.78, 5) is 12.0. The zero-order valence-electron chi connectivity index (χ0n) is 14.3. The summed E-state index contributed by atoms with van der Waals surface area (Å²) in [5.41, 5.74) is 4.13. The lowest BCUT2D eigenvalue weighted by Crippen LogP contribution is -2.08. The van der Waals surface area contributed by atoms with Gasteiger partial charge >= 0.3 is 5.97 Å². The zero-order valence-corrected chi connectivity index (χ0v) is 14.3. The van der Waals surface area contributed by atoms with Crippen molar-refractivity contribution < 1.29 is 18.4 Å². The number of esters is 1. The lowest BCUT2D eigenvalue weighted by Gasteiger charge is -2.08. The number of allylic oxidation sites excluding steroid dienone is 2. The van der Waals surface area contributed by atoms with Gasteiger partial charge in [-0.25, -0.2) is 4.79 Å². The Morgan fingerprint density at radius 3 is 2.80 bits per heavy atom. The number of aryl methyl sites for hydroxylation is 1. The minimum atomic E-state index is -0.215. The van der Waals surface area contributed by atoms with Crippen LogP contribution in [0.4, 0.5) is 0 Å². The fourth-order valence-electron chi connectivity index (χ4n) is 2.80. The van der Waals surface area contributed by atoms with Crippen molar-refractivity contribution >= 4 is 12.0 Å². The van der Waals surface area contributed by atoms with E-state index in [4.69, 9.17) is 13.6 Å². The number of hydrogen-bond acceptors (Lipinski definition) is 4. The van der Waals surface area contributed by atoms with Gasteiger partial charge in [-0.3, -0.25) is 0 Å². The van der Waals surface area contributed by atoms with Crippen LogP contribution in [0.15, 0.2) is 75.4 Å². The van der Waals surface area contributed by atoms with E-state index in [1.54, 1.807) is 25.1 Å². The highest BCUT2D eigenvalue weighted by Crippen LogP contribution is 2.23. The molecule has 0 radical (unpaired) electrons. The van der Waals surface area contributed by atoms with Crippen molar-refractivity contribution in [2.45, 2.75) is 38.7 Å². The number of cyclic esters (lactones) is 1. The van der Waals surface area contributed by atoms with Crippen LogP contribution < -0.4 is 0 Å². The first-order valence-electron chi connectivity index (χ1n) is 8.48. The van der Waals surface area contributed by atoms with Crippen molar-refractivity contribution in [3.05, 3.63) is 77.7 Å². The fraction of sp³-hybridized carbons (Fsp3) is 0.286.